The molecule has 3 aromatic rings. The third-order valence-electron chi connectivity index (χ3n) is 6.17. The summed E-state index contributed by atoms with van der Waals surface area (Å²) >= 11 is 0. The van der Waals surface area contributed by atoms with E-state index in [1.807, 2.05) is 23.1 Å². The van der Waals surface area contributed by atoms with Gasteiger partial charge in [0, 0.05) is 38.4 Å². The van der Waals surface area contributed by atoms with Crippen molar-refractivity contribution >= 4 is 17.5 Å². The van der Waals surface area contributed by atoms with E-state index < -0.39 is 0 Å². The third kappa shape index (κ3) is 6.06. The van der Waals surface area contributed by atoms with Crippen LogP contribution in [0.4, 0.5) is 10.1 Å². The van der Waals surface area contributed by atoms with Crippen LogP contribution in [0.1, 0.15) is 40.9 Å². The topological polar surface area (TPSA) is 67.2 Å². The fourth-order valence-electron chi connectivity index (χ4n) is 4.32. The van der Waals surface area contributed by atoms with Gasteiger partial charge in [-0.05, 0) is 61.4 Å². The monoisotopic (exact) mass is 448 g/mol. The van der Waals surface area contributed by atoms with Gasteiger partial charge >= 0.3 is 0 Å². The number of aryl methyl sites for hydroxylation is 2. The summed E-state index contributed by atoms with van der Waals surface area (Å²) < 4.78 is 14.8. The van der Waals surface area contributed by atoms with Gasteiger partial charge in [0.2, 0.25) is 5.91 Å². The molecular formula is C26H29FN4O2. The Kier molecular flexibility index (Phi) is 7.17. The molecule has 0 aliphatic carbocycles. The predicted molar refractivity (Wildman–Crippen MR) is 125 cm³/mol. The minimum atomic E-state index is -0.347. The van der Waals surface area contributed by atoms with Gasteiger partial charge in [0.25, 0.3) is 5.91 Å². The van der Waals surface area contributed by atoms with E-state index in [0.717, 1.165) is 38.0 Å². The van der Waals surface area contributed by atoms with Crippen molar-refractivity contribution in [3.05, 3.63) is 83.4 Å². The molecule has 1 aliphatic heterocycles. The number of hydrogen-bond acceptors (Lipinski definition) is 3. The second-order valence-electron chi connectivity index (χ2n) is 8.64. The summed E-state index contributed by atoms with van der Waals surface area (Å²) in [6, 6.07) is 15.8. The van der Waals surface area contributed by atoms with E-state index in [1.54, 1.807) is 17.9 Å². The highest BCUT2D eigenvalue weighted by molar-refractivity contribution is 6.04. The molecule has 1 fully saturated rings. The molecule has 4 rings (SSSR count). The number of hydrogen-bond donors (Lipinski definition) is 1. The number of halogens is 1. The molecule has 2 heterocycles. The fourth-order valence-corrected chi connectivity index (χ4v) is 4.32. The minimum Gasteiger partial charge on any atom is -0.343 e. The van der Waals surface area contributed by atoms with Crippen molar-refractivity contribution in [3.63, 3.8) is 0 Å². The SMILES string of the molecule is Cn1cc(C(=O)Nc2ccc(F)cc2)c(CC2CCN(C(=O)CCc3ccccc3)CC2)n1. The molecule has 1 saturated heterocycles. The predicted octanol–water partition coefficient (Wildman–Crippen LogP) is 4.23. The highest BCUT2D eigenvalue weighted by atomic mass is 19.1. The van der Waals surface area contributed by atoms with Gasteiger partial charge in [-0.2, -0.15) is 5.10 Å². The van der Waals surface area contributed by atoms with Crippen molar-refractivity contribution in [2.24, 2.45) is 13.0 Å². The molecular weight excluding hydrogens is 419 g/mol. The number of amides is 2. The van der Waals surface area contributed by atoms with Crippen LogP contribution in [0.15, 0.2) is 60.8 Å². The van der Waals surface area contributed by atoms with E-state index in [9.17, 15) is 14.0 Å². The molecule has 6 nitrogen and oxygen atoms in total. The van der Waals surface area contributed by atoms with Crippen molar-refractivity contribution < 1.29 is 14.0 Å². The Bertz CT molecular complexity index is 1090. The van der Waals surface area contributed by atoms with Crippen LogP contribution in [0.2, 0.25) is 0 Å². The Morgan fingerprint density at radius 1 is 1.06 bits per heavy atom. The second kappa shape index (κ2) is 10.4. The molecule has 0 saturated carbocycles. The second-order valence-corrected chi connectivity index (χ2v) is 8.64. The maximum absolute atomic E-state index is 13.1. The smallest absolute Gasteiger partial charge is 0.259 e. The summed E-state index contributed by atoms with van der Waals surface area (Å²) in [5, 5.41) is 7.33. The zero-order valence-electron chi connectivity index (χ0n) is 18.8. The number of likely N-dealkylation sites (tertiary alicyclic amines) is 1. The normalized spacial score (nSPS) is 14.3. The Balaban J connectivity index is 1.30. The number of carbonyl (C=O) groups excluding carboxylic acids is 2. The van der Waals surface area contributed by atoms with E-state index in [-0.39, 0.29) is 17.6 Å². The first-order valence-electron chi connectivity index (χ1n) is 11.4. The number of benzene rings is 2. The minimum absolute atomic E-state index is 0.203. The lowest BCUT2D eigenvalue weighted by Crippen LogP contribution is -2.39. The first kappa shape index (κ1) is 22.7. The van der Waals surface area contributed by atoms with Gasteiger partial charge in [0.1, 0.15) is 5.82 Å². The van der Waals surface area contributed by atoms with E-state index in [2.05, 4.69) is 22.5 Å². The molecule has 0 atom stereocenters. The number of anilines is 1. The lowest BCUT2D eigenvalue weighted by atomic mass is 9.91. The first-order valence-corrected chi connectivity index (χ1v) is 11.4. The van der Waals surface area contributed by atoms with Gasteiger partial charge in [-0.1, -0.05) is 30.3 Å². The lowest BCUT2D eigenvalue weighted by Gasteiger charge is -2.32. The number of rotatable bonds is 7. The molecule has 1 aromatic heterocycles. The number of piperidine rings is 1. The standard InChI is InChI=1S/C26H29FN4O2/c1-30-18-23(26(33)28-22-10-8-21(27)9-11-22)24(29-30)17-20-13-15-31(16-14-20)25(32)12-7-19-5-3-2-4-6-19/h2-6,8-11,18,20H,7,12-17H2,1H3,(H,28,33). The lowest BCUT2D eigenvalue weighted by molar-refractivity contribution is -0.132. The summed E-state index contributed by atoms with van der Waals surface area (Å²) in [7, 11) is 1.80. The summed E-state index contributed by atoms with van der Waals surface area (Å²) in [6.07, 6.45) is 5.50. The number of aromatic nitrogens is 2. The van der Waals surface area contributed by atoms with Crippen LogP contribution < -0.4 is 5.32 Å². The Morgan fingerprint density at radius 2 is 1.76 bits per heavy atom. The third-order valence-corrected chi connectivity index (χ3v) is 6.17. The van der Waals surface area contributed by atoms with Gasteiger partial charge in [0.15, 0.2) is 0 Å². The zero-order chi connectivity index (χ0) is 23.2. The molecule has 2 amide bonds. The molecule has 1 aliphatic rings. The molecule has 172 valence electrons. The molecule has 0 spiro atoms. The van der Waals surface area contributed by atoms with Gasteiger partial charge in [-0.3, -0.25) is 14.3 Å². The summed E-state index contributed by atoms with van der Waals surface area (Å²) in [5.41, 5.74) is 3.01. The largest absolute Gasteiger partial charge is 0.343 e. The van der Waals surface area contributed by atoms with Crippen molar-refractivity contribution in [2.75, 3.05) is 18.4 Å². The van der Waals surface area contributed by atoms with E-state index in [0.29, 0.717) is 30.0 Å². The average Bonchev–Trinajstić information content (AvgIpc) is 3.20. The van der Waals surface area contributed by atoms with E-state index in [4.69, 9.17) is 0 Å². The van der Waals surface area contributed by atoms with Crippen LogP contribution in [0.3, 0.4) is 0 Å². The summed E-state index contributed by atoms with van der Waals surface area (Å²) in [6.45, 7) is 1.48. The van der Waals surface area contributed by atoms with E-state index in [1.165, 1.54) is 29.8 Å². The van der Waals surface area contributed by atoms with E-state index >= 15 is 0 Å². The van der Waals surface area contributed by atoms with Gasteiger partial charge < -0.3 is 10.2 Å². The van der Waals surface area contributed by atoms with Crippen molar-refractivity contribution in [3.8, 4) is 0 Å². The zero-order valence-corrected chi connectivity index (χ0v) is 18.8. The van der Waals surface area contributed by atoms with Crippen molar-refractivity contribution in [1.29, 1.82) is 0 Å². The van der Waals surface area contributed by atoms with Crippen LogP contribution >= 0.6 is 0 Å². The molecule has 33 heavy (non-hydrogen) atoms. The number of nitrogens with zero attached hydrogens (tertiary/aromatic N) is 3. The maximum atomic E-state index is 13.1. The average molecular weight is 449 g/mol. The number of carbonyl (C=O) groups is 2. The molecule has 0 bridgehead atoms. The number of nitrogens with one attached hydrogen (secondary N) is 1. The Morgan fingerprint density at radius 3 is 2.45 bits per heavy atom. The highest BCUT2D eigenvalue weighted by Crippen LogP contribution is 2.24. The maximum Gasteiger partial charge on any atom is 0.259 e. The Hall–Kier alpha value is -3.48. The van der Waals surface area contributed by atoms with Gasteiger partial charge in [-0.15, -0.1) is 0 Å². The Labute approximate surface area is 193 Å². The van der Waals surface area contributed by atoms with Crippen LogP contribution in [0.25, 0.3) is 0 Å². The summed E-state index contributed by atoms with van der Waals surface area (Å²) in [5.74, 6) is -0.0249. The van der Waals surface area contributed by atoms with Crippen LogP contribution in [-0.2, 0) is 24.7 Å². The summed E-state index contributed by atoms with van der Waals surface area (Å²) in [4.78, 5) is 27.4. The first-order chi connectivity index (χ1) is 16.0. The van der Waals surface area contributed by atoms with Gasteiger partial charge in [-0.25, -0.2) is 4.39 Å². The van der Waals surface area contributed by atoms with Crippen molar-refractivity contribution in [2.45, 2.75) is 32.1 Å². The van der Waals surface area contributed by atoms with Crippen molar-refractivity contribution in [1.82, 2.24) is 14.7 Å². The van der Waals surface area contributed by atoms with Crippen LogP contribution in [-0.4, -0.2) is 39.6 Å². The molecule has 0 radical (unpaired) electrons. The molecule has 0 unspecified atom stereocenters. The van der Waals surface area contributed by atoms with Crippen LogP contribution in [0.5, 0.6) is 0 Å². The molecule has 2 aromatic carbocycles. The highest BCUT2D eigenvalue weighted by Gasteiger charge is 2.25. The molecule has 1 N–H and O–H groups in total. The van der Waals surface area contributed by atoms with Crippen LogP contribution in [0, 0.1) is 11.7 Å². The van der Waals surface area contributed by atoms with Gasteiger partial charge in [0.05, 0.1) is 11.3 Å². The molecule has 7 heteroatoms. The quantitative estimate of drug-likeness (QED) is 0.588. The fraction of sp³-hybridized carbons (Fsp3) is 0.346.